The van der Waals surface area contributed by atoms with Crippen LogP contribution >= 0.6 is 0 Å². The van der Waals surface area contributed by atoms with Crippen molar-refractivity contribution in [2.75, 3.05) is 55.2 Å². The molecule has 7 rings (SSSR count). The average molecular weight is 1410 g/mol. The van der Waals surface area contributed by atoms with E-state index in [1.54, 1.807) is 0 Å². The number of nitrogens with one attached hydrogen (secondary N) is 3. The van der Waals surface area contributed by atoms with Gasteiger partial charge in [-0.25, -0.2) is 0 Å². The Morgan fingerprint density at radius 3 is 0.529 bits per heavy atom. The van der Waals surface area contributed by atoms with Gasteiger partial charge in [0.1, 0.15) is 0 Å². The summed E-state index contributed by atoms with van der Waals surface area (Å²) >= 11 is 0. The van der Waals surface area contributed by atoms with Crippen molar-refractivity contribution in [3.63, 3.8) is 0 Å². The third kappa shape index (κ3) is 20.8. The fourth-order valence-corrected chi connectivity index (χ4v) is 14.8. The molecule has 3 N–H and O–H groups in total. The van der Waals surface area contributed by atoms with E-state index in [0.717, 1.165) is 56.3 Å². The maximum Gasteiger partial charge on any atom is 0.0353 e. The topological polar surface area (TPSA) is 39.3 Å². The van der Waals surface area contributed by atoms with Crippen molar-refractivity contribution < 1.29 is 0 Å². The molecule has 0 aliphatic carbocycles. The molecule has 0 saturated carbocycles. The van der Waals surface area contributed by atoms with E-state index in [2.05, 4.69) is 400 Å². The Morgan fingerprint density at radius 2 is 0.365 bits per heavy atom. The Bertz CT molecular complexity index is 3550. The summed E-state index contributed by atoms with van der Waals surface area (Å²) in [6, 6.07) is 44.6. The Labute approximate surface area is 639 Å². The van der Waals surface area contributed by atoms with Gasteiger partial charge in [0, 0.05) is 56.3 Å². The van der Waals surface area contributed by atoms with Gasteiger partial charge >= 0.3 is 0 Å². The number of rotatable bonds is 16. The standard InChI is InChI=1S/C100H150N4/c1-88(2,3)68-40-42-73(43-41-68)101-44-47-104(48-45-102-74-52-64(84-76(93(16,17)18)56-69(89(4,5)6)57-77(84)94(19,20)21)50-65(53-74)85-78(95(22,23)24)58-70(90(7,8)9)59-79(85)96(25,26)27)49-46-103-75-54-66(86-80(97(28,29)30)60-71(91(10,11)12)61-81(86)98(31,32)33)51-67(55-75)87-82(99(34,35)36)62-72(92(13,14)15)63-83(87)100(37,38)39/h40-43,50-63,101-103H,44-49H2,1-39H3. The molecule has 0 atom stereocenters. The molecule has 104 heavy (non-hydrogen) atoms. The molecule has 0 saturated heterocycles. The second kappa shape index (κ2) is 29.5. The fourth-order valence-electron chi connectivity index (χ4n) is 14.8. The third-order valence-corrected chi connectivity index (χ3v) is 21.5. The van der Waals surface area contributed by atoms with E-state index in [1.807, 2.05) is 0 Å². The predicted molar refractivity (Wildman–Crippen MR) is 466 cm³/mol. The Balaban J connectivity index is 1.45. The molecule has 0 unspecified atom stereocenters. The molecular formula is C100H150N4. The molecule has 0 aliphatic rings. The molecule has 570 valence electrons. The van der Waals surface area contributed by atoms with Gasteiger partial charge in [-0.05, 0) is 236 Å². The minimum absolute atomic E-state index is 0.0255. The highest BCUT2D eigenvalue weighted by Gasteiger charge is 2.37. The molecule has 7 aromatic rings. The summed E-state index contributed by atoms with van der Waals surface area (Å²) in [7, 11) is 0. The van der Waals surface area contributed by atoms with Gasteiger partial charge in [0.15, 0.2) is 0 Å². The van der Waals surface area contributed by atoms with Gasteiger partial charge in [-0.2, -0.15) is 0 Å². The first-order valence-corrected chi connectivity index (χ1v) is 39.9. The maximum absolute atomic E-state index is 4.20. The zero-order valence-corrected chi connectivity index (χ0v) is 74.1. The zero-order valence-electron chi connectivity index (χ0n) is 74.1. The second-order valence-electron chi connectivity index (χ2n) is 44.8. The number of anilines is 3. The van der Waals surface area contributed by atoms with Crippen LogP contribution in [0.3, 0.4) is 0 Å². The lowest BCUT2D eigenvalue weighted by atomic mass is 9.69. The van der Waals surface area contributed by atoms with Crippen LogP contribution in [0.25, 0.3) is 44.5 Å². The van der Waals surface area contributed by atoms with Gasteiger partial charge in [-0.15, -0.1) is 0 Å². The van der Waals surface area contributed by atoms with E-state index in [0.29, 0.717) is 0 Å². The van der Waals surface area contributed by atoms with Gasteiger partial charge < -0.3 is 16.0 Å². The number of hydrogen-bond donors (Lipinski definition) is 3. The number of hydrogen-bond acceptors (Lipinski definition) is 4. The molecule has 0 amide bonds. The van der Waals surface area contributed by atoms with Crippen LogP contribution in [0.15, 0.2) is 109 Å². The van der Waals surface area contributed by atoms with Crippen LogP contribution in [0.1, 0.15) is 342 Å². The van der Waals surface area contributed by atoms with Crippen LogP contribution in [0.4, 0.5) is 17.1 Å². The molecule has 0 fully saturated rings. The predicted octanol–water partition coefficient (Wildman–Crippen LogP) is 28.2. The Kier molecular flexibility index (Phi) is 24.1. The minimum atomic E-state index is -0.132. The molecule has 4 heteroatoms. The Morgan fingerprint density at radius 1 is 0.192 bits per heavy atom. The lowest BCUT2D eigenvalue weighted by molar-refractivity contribution is 0.306. The first-order chi connectivity index (χ1) is 46.8. The van der Waals surface area contributed by atoms with E-state index in [1.165, 1.54) is 117 Å². The van der Waals surface area contributed by atoms with E-state index < -0.39 is 0 Å². The van der Waals surface area contributed by atoms with Crippen molar-refractivity contribution in [2.24, 2.45) is 0 Å². The van der Waals surface area contributed by atoms with Crippen LogP contribution in [0, 0.1) is 0 Å². The summed E-state index contributed by atoms with van der Waals surface area (Å²) in [5, 5.41) is 12.3. The van der Waals surface area contributed by atoms with E-state index in [-0.39, 0.29) is 70.4 Å². The fraction of sp³-hybridized carbons (Fsp3) is 0.580. The van der Waals surface area contributed by atoms with Gasteiger partial charge in [0.2, 0.25) is 0 Å². The van der Waals surface area contributed by atoms with E-state index in [4.69, 9.17) is 0 Å². The van der Waals surface area contributed by atoms with Crippen LogP contribution in [-0.2, 0) is 70.4 Å². The van der Waals surface area contributed by atoms with Crippen LogP contribution < -0.4 is 16.0 Å². The van der Waals surface area contributed by atoms with Gasteiger partial charge in [0.25, 0.3) is 0 Å². The molecule has 0 heterocycles. The van der Waals surface area contributed by atoms with Crippen molar-refractivity contribution in [1.29, 1.82) is 0 Å². The summed E-state index contributed by atoms with van der Waals surface area (Å²) in [5.74, 6) is 0. The summed E-state index contributed by atoms with van der Waals surface area (Å²) < 4.78 is 0. The van der Waals surface area contributed by atoms with Gasteiger partial charge in [0.05, 0.1) is 0 Å². The van der Waals surface area contributed by atoms with Gasteiger partial charge in [-0.3, -0.25) is 4.90 Å². The van der Waals surface area contributed by atoms with Crippen molar-refractivity contribution in [1.82, 2.24) is 4.90 Å². The molecule has 7 aromatic carbocycles. The molecule has 0 aliphatic heterocycles. The van der Waals surface area contributed by atoms with Crippen molar-refractivity contribution in [3.05, 3.63) is 182 Å². The highest BCUT2D eigenvalue weighted by molar-refractivity contribution is 5.87. The molecule has 0 bridgehead atoms. The first kappa shape index (κ1) is 85.2. The lowest BCUT2D eigenvalue weighted by Crippen LogP contribution is -2.36. The molecular weight excluding hydrogens is 1260 g/mol. The van der Waals surface area contributed by atoms with Crippen molar-refractivity contribution in [2.45, 2.75) is 340 Å². The van der Waals surface area contributed by atoms with Crippen LogP contribution in [-0.4, -0.2) is 44.2 Å². The quantitative estimate of drug-likeness (QED) is 0.0902. The van der Waals surface area contributed by atoms with Crippen molar-refractivity contribution >= 4 is 17.1 Å². The normalized spacial score (nSPS) is 13.8. The molecule has 0 aromatic heterocycles. The van der Waals surface area contributed by atoms with E-state index in [9.17, 15) is 0 Å². The zero-order chi connectivity index (χ0) is 79.0. The summed E-state index contributed by atoms with van der Waals surface area (Å²) in [4.78, 5) is 2.68. The highest BCUT2D eigenvalue weighted by Crippen LogP contribution is 2.52. The summed E-state index contributed by atoms with van der Waals surface area (Å²) in [5.41, 5.74) is 31.0. The monoisotopic (exact) mass is 1410 g/mol. The molecule has 0 spiro atoms. The van der Waals surface area contributed by atoms with Crippen LogP contribution in [0.5, 0.6) is 0 Å². The first-order valence-electron chi connectivity index (χ1n) is 39.9. The highest BCUT2D eigenvalue weighted by atomic mass is 15.2. The molecule has 0 radical (unpaired) electrons. The summed E-state index contributed by atoms with van der Waals surface area (Å²) in [6.45, 7) is 98.2. The second-order valence-corrected chi connectivity index (χ2v) is 44.8. The van der Waals surface area contributed by atoms with E-state index >= 15 is 0 Å². The maximum atomic E-state index is 4.20. The lowest BCUT2D eigenvalue weighted by Gasteiger charge is -2.35. The SMILES string of the molecule is CC(C)(C)c1ccc(NCCN(CCNc2cc(-c3c(C(C)(C)C)cc(C(C)(C)C)cc3C(C)(C)C)cc(-c3c(C(C)(C)C)cc(C(C)(C)C)cc3C(C)(C)C)c2)CCNc2cc(-c3c(C(C)(C)C)cc(C(C)(C)C)cc3C(C)(C)C)cc(-c3c(C(C)(C)C)cc(C(C)(C)C)cc3C(C)(C)C)c2)cc1. The number of benzene rings is 7. The molecule has 4 nitrogen and oxygen atoms in total. The van der Waals surface area contributed by atoms with Crippen LogP contribution in [0.2, 0.25) is 0 Å². The third-order valence-electron chi connectivity index (χ3n) is 21.5. The summed E-state index contributed by atoms with van der Waals surface area (Å²) in [6.07, 6.45) is 0. The van der Waals surface area contributed by atoms with Gasteiger partial charge in [-0.1, -0.05) is 331 Å². The van der Waals surface area contributed by atoms with Crippen molar-refractivity contribution in [3.8, 4) is 44.5 Å². The Hall–Kier alpha value is -6.10. The smallest absolute Gasteiger partial charge is 0.0353 e. The average Bonchev–Trinajstić information content (AvgIpc) is 0.736. The minimum Gasteiger partial charge on any atom is -0.384 e. The largest absolute Gasteiger partial charge is 0.384 e. The number of nitrogens with zero attached hydrogens (tertiary/aromatic N) is 1.